The molecule has 1 unspecified atom stereocenters. The van der Waals surface area contributed by atoms with Crippen molar-refractivity contribution in [3.05, 3.63) is 29.6 Å². The van der Waals surface area contributed by atoms with E-state index in [9.17, 15) is 4.39 Å². The molecule has 108 valence electrons. The monoisotopic (exact) mass is 271 g/mol. The summed E-state index contributed by atoms with van der Waals surface area (Å²) in [6.07, 6.45) is -0.0751. The summed E-state index contributed by atoms with van der Waals surface area (Å²) >= 11 is 0. The van der Waals surface area contributed by atoms with Gasteiger partial charge >= 0.3 is 0 Å². The van der Waals surface area contributed by atoms with Crippen molar-refractivity contribution in [2.45, 2.75) is 19.6 Å². The topological polar surface area (TPSA) is 39.7 Å². The van der Waals surface area contributed by atoms with Crippen molar-refractivity contribution in [2.24, 2.45) is 0 Å². The average molecular weight is 271 g/mol. The summed E-state index contributed by atoms with van der Waals surface area (Å²) in [7, 11) is 3.24. The van der Waals surface area contributed by atoms with Gasteiger partial charge in [-0.25, -0.2) is 4.39 Å². The highest BCUT2D eigenvalue weighted by Crippen LogP contribution is 2.22. The molecular weight excluding hydrogens is 249 g/mol. The van der Waals surface area contributed by atoms with Gasteiger partial charge in [-0.05, 0) is 13.0 Å². The van der Waals surface area contributed by atoms with Gasteiger partial charge in [-0.1, -0.05) is 12.1 Å². The highest BCUT2D eigenvalue weighted by molar-refractivity contribution is 5.34. The number of rotatable bonds is 9. The van der Waals surface area contributed by atoms with Gasteiger partial charge in [-0.2, -0.15) is 0 Å². The molecule has 0 spiro atoms. The zero-order chi connectivity index (χ0) is 14.1. The fourth-order valence-corrected chi connectivity index (χ4v) is 1.52. The van der Waals surface area contributed by atoms with Gasteiger partial charge in [0.15, 0.2) is 11.6 Å². The first-order valence-electron chi connectivity index (χ1n) is 6.31. The fraction of sp³-hybridized carbons (Fsp3) is 0.571. The van der Waals surface area contributed by atoms with Gasteiger partial charge < -0.3 is 19.5 Å². The molecule has 0 bridgehead atoms. The van der Waals surface area contributed by atoms with E-state index in [0.29, 0.717) is 26.3 Å². The number of hydrogen-bond acceptors (Lipinski definition) is 4. The zero-order valence-corrected chi connectivity index (χ0v) is 11.7. The Morgan fingerprint density at radius 1 is 1.32 bits per heavy atom. The summed E-state index contributed by atoms with van der Waals surface area (Å²) in [4.78, 5) is 0. The van der Waals surface area contributed by atoms with E-state index < -0.39 is 0 Å². The molecule has 1 aromatic carbocycles. The number of para-hydroxylation sites is 1. The lowest BCUT2D eigenvalue weighted by molar-refractivity contribution is 0.0697. The van der Waals surface area contributed by atoms with Gasteiger partial charge in [-0.15, -0.1) is 0 Å². The lowest BCUT2D eigenvalue weighted by atomic mass is 10.2. The van der Waals surface area contributed by atoms with E-state index in [2.05, 4.69) is 5.32 Å². The quantitative estimate of drug-likeness (QED) is 0.697. The Hall–Kier alpha value is -1.17. The van der Waals surface area contributed by atoms with Crippen LogP contribution in [-0.2, 0) is 16.0 Å². The van der Waals surface area contributed by atoms with Crippen molar-refractivity contribution in [1.29, 1.82) is 0 Å². The Morgan fingerprint density at radius 3 is 2.79 bits per heavy atom. The molecule has 1 atom stereocenters. The first kappa shape index (κ1) is 15.9. The third-order valence-corrected chi connectivity index (χ3v) is 2.71. The predicted molar refractivity (Wildman–Crippen MR) is 71.9 cm³/mol. The molecule has 0 fully saturated rings. The fourth-order valence-electron chi connectivity index (χ4n) is 1.52. The molecule has 1 rings (SSSR count). The first-order chi connectivity index (χ1) is 9.19. The van der Waals surface area contributed by atoms with Crippen molar-refractivity contribution in [3.63, 3.8) is 0 Å². The number of nitrogens with one attached hydrogen (secondary N) is 1. The normalized spacial score (nSPS) is 12.4. The van der Waals surface area contributed by atoms with Crippen molar-refractivity contribution in [3.8, 4) is 5.75 Å². The van der Waals surface area contributed by atoms with Gasteiger partial charge in [-0.3, -0.25) is 0 Å². The number of ether oxygens (including phenoxy) is 3. The molecule has 0 heterocycles. The molecule has 0 saturated carbocycles. The van der Waals surface area contributed by atoms with Crippen LogP contribution >= 0.6 is 0 Å². The van der Waals surface area contributed by atoms with Crippen LogP contribution in [0.15, 0.2) is 18.2 Å². The Bertz CT molecular complexity index is 374. The van der Waals surface area contributed by atoms with Gasteiger partial charge in [0, 0.05) is 32.9 Å². The summed E-state index contributed by atoms with van der Waals surface area (Å²) in [6.45, 7) is 4.06. The number of methoxy groups -OCH3 is 2. The smallest absolute Gasteiger partial charge is 0.165 e. The van der Waals surface area contributed by atoms with Gasteiger partial charge in [0.1, 0.15) is 6.61 Å². The van der Waals surface area contributed by atoms with Crippen LogP contribution < -0.4 is 10.1 Å². The minimum absolute atomic E-state index is 0.0751. The van der Waals surface area contributed by atoms with Crippen LogP contribution in [0.4, 0.5) is 4.39 Å². The molecule has 1 N–H and O–H groups in total. The molecule has 19 heavy (non-hydrogen) atoms. The summed E-state index contributed by atoms with van der Waals surface area (Å²) in [5.41, 5.74) is 0.791. The largest absolute Gasteiger partial charge is 0.487 e. The molecule has 1 aromatic rings. The summed E-state index contributed by atoms with van der Waals surface area (Å²) in [5.74, 6) is -0.0642. The predicted octanol–water partition coefficient (Wildman–Crippen LogP) is 1.98. The van der Waals surface area contributed by atoms with Crippen LogP contribution in [0.3, 0.4) is 0 Å². The standard InChI is InChI=1S/C14H22FNO3/c1-11(18-3)10-19-14-12(5-4-6-13(14)15)9-16-7-8-17-2/h4-6,11,16H,7-10H2,1-3H3. The maximum Gasteiger partial charge on any atom is 0.165 e. The zero-order valence-electron chi connectivity index (χ0n) is 11.7. The van der Waals surface area contributed by atoms with Crippen molar-refractivity contribution >= 4 is 0 Å². The molecule has 0 saturated heterocycles. The van der Waals surface area contributed by atoms with Gasteiger partial charge in [0.2, 0.25) is 0 Å². The molecule has 0 aliphatic carbocycles. The molecule has 0 amide bonds. The number of halogens is 1. The maximum absolute atomic E-state index is 13.8. The average Bonchev–Trinajstić information content (AvgIpc) is 2.42. The van der Waals surface area contributed by atoms with E-state index in [-0.39, 0.29) is 17.7 Å². The SMILES string of the molecule is COCCNCc1cccc(F)c1OCC(C)OC. The first-order valence-corrected chi connectivity index (χ1v) is 6.31. The molecule has 0 aromatic heterocycles. The van der Waals surface area contributed by atoms with Crippen molar-refractivity contribution in [2.75, 3.05) is 34.0 Å². The minimum atomic E-state index is -0.352. The Labute approximate surface area is 113 Å². The summed E-state index contributed by atoms with van der Waals surface area (Å²) in [5, 5.41) is 3.17. The van der Waals surface area contributed by atoms with E-state index in [1.807, 2.05) is 13.0 Å². The Kier molecular flexibility index (Phi) is 7.40. The summed E-state index contributed by atoms with van der Waals surface area (Å²) in [6, 6.07) is 4.91. The van der Waals surface area contributed by atoms with Crippen LogP contribution in [0.25, 0.3) is 0 Å². The second-order valence-corrected chi connectivity index (χ2v) is 4.25. The molecule has 5 heteroatoms. The highest BCUT2D eigenvalue weighted by atomic mass is 19.1. The maximum atomic E-state index is 13.8. The minimum Gasteiger partial charge on any atom is -0.487 e. The molecular formula is C14H22FNO3. The number of benzene rings is 1. The molecule has 0 radical (unpaired) electrons. The lowest BCUT2D eigenvalue weighted by Gasteiger charge is -2.15. The second-order valence-electron chi connectivity index (χ2n) is 4.25. The van der Waals surface area contributed by atoms with E-state index in [0.717, 1.165) is 5.56 Å². The summed E-state index contributed by atoms with van der Waals surface area (Å²) < 4.78 is 29.3. The van der Waals surface area contributed by atoms with E-state index in [1.54, 1.807) is 20.3 Å². The second kappa shape index (κ2) is 8.85. The van der Waals surface area contributed by atoms with E-state index in [1.165, 1.54) is 6.07 Å². The Morgan fingerprint density at radius 2 is 2.11 bits per heavy atom. The van der Waals surface area contributed by atoms with Crippen molar-refractivity contribution < 1.29 is 18.6 Å². The Balaban J connectivity index is 2.61. The van der Waals surface area contributed by atoms with Gasteiger partial charge in [0.25, 0.3) is 0 Å². The third-order valence-electron chi connectivity index (χ3n) is 2.71. The number of hydrogen-bond donors (Lipinski definition) is 1. The van der Waals surface area contributed by atoms with Crippen LogP contribution in [0.2, 0.25) is 0 Å². The molecule has 0 aliphatic rings. The van der Waals surface area contributed by atoms with Crippen LogP contribution in [0.1, 0.15) is 12.5 Å². The van der Waals surface area contributed by atoms with E-state index in [4.69, 9.17) is 14.2 Å². The van der Waals surface area contributed by atoms with Crippen LogP contribution in [-0.4, -0.2) is 40.1 Å². The third kappa shape index (κ3) is 5.55. The van der Waals surface area contributed by atoms with Crippen LogP contribution in [0.5, 0.6) is 5.75 Å². The van der Waals surface area contributed by atoms with E-state index >= 15 is 0 Å². The molecule has 4 nitrogen and oxygen atoms in total. The molecule has 0 aliphatic heterocycles. The van der Waals surface area contributed by atoms with Gasteiger partial charge in [0.05, 0.1) is 12.7 Å². The highest BCUT2D eigenvalue weighted by Gasteiger charge is 2.11. The lowest BCUT2D eigenvalue weighted by Crippen LogP contribution is -2.21. The van der Waals surface area contributed by atoms with Crippen molar-refractivity contribution in [1.82, 2.24) is 5.32 Å². The van der Waals surface area contributed by atoms with Crippen LogP contribution in [0, 0.1) is 5.82 Å².